The van der Waals surface area contributed by atoms with Gasteiger partial charge >= 0.3 is 0 Å². The third kappa shape index (κ3) is 2.95. The second-order valence-corrected chi connectivity index (χ2v) is 5.31. The lowest BCUT2D eigenvalue weighted by atomic mass is 10.1. The van der Waals surface area contributed by atoms with E-state index < -0.39 is 0 Å². The lowest BCUT2D eigenvalue weighted by Gasteiger charge is -2.24. The molecule has 1 N–H and O–H groups in total. The van der Waals surface area contributed by atoms with Gasteiger partial charge in [-0.2, -0.15) is 5.10 Å². The van der Waals surface area contributed by atoms with Crippen LogP contribution in [0.2, 0.25) is 0 Å². The van der Waals surface area contributed by atoms with Crippen LogP contribution in [-0.2, 0) is 6.54 Å². The van der Waals surface area contributed by atoms with Crippen LogP contribution in [0.3, 0.4) is 0 Å². The van der Waals surface area contributed by atoms with Crippen molar-refractivity contribution in [3.05, 3.63) is 48.0 Å². The van der Waals surface area contributed by atoms with Gasteiger partial charge in [-0.25, -0.2) is 9.67 Å². The van der Waals surface area contributed by atoms with Crippen molar-refractivity contribution in [1.29, 1.82) is 0 Å². The van der Waals surface area contributed by atoms with E-state index in [9.17, 15) is 4.79 Å². The Labute approximate surface area is 123 Å². The molecule has 0 spiro atoms. The molecule has 1 aliphatic heterocycles. The number of carbonyl (C=O) groups excluding carboxylic acids is 1. The van der Waals surface area contributed by atoms with Crippen LogP contribution < -0.4 is 5.32 Å². The normalized spacial score (nSPS) is 17.9. The number of hydrogen-bond acceptors (Lipinski definition) is 4. The molecular formula is C15H19N5O. The van der Waals surface area contributed by atoms with Crippen LogP contribution in [0.5, 0.6) is 0 Å². The Hall–Kier alpha value is -2.21. The molecule has 1 amide bonds. The molecule has 1 fully saturated rings. The van der Waals surface area contributed by atoms with E-state index in [0.29, 0.717) is 6.54 Å². The zero-order valence-corrected chi connectivity index (χ0v) is 12.1. The van der Waals surface area contributed by atoms with Crippen LogP contribution in [0.4, 0.5) is 0 Å². The summed E-state index contributed by atoms with van der Waals surface area (Å²) < 4.78 is 1.73. The number of aromatic nitrogens is 3. The Bertz CT molecular complexity index is 604. The minimum Gasteiger partial charge on any atom is -0.337 e. The van der Waals surface area contributed by atoms with Crippen LogP contribution >= 0.6 is 0 Å². The topological polar surface area (TPSA) is 63.1 Å². The van der Waals surface area contributed by atoms with Crippen molar-refractivity contribution in [2.24, 2.45) is 0 Å². The van der Waals surface area contributed by atoms with E-state index in [-0.39, 0.29) is 11.9 Å². The molecule has 0 aliphatic carbocycles. The number of likely N-dealkylation sites (N-methyl/N-ethyl adjacent to an activating group) is 1. The van der Waals surface area contributed by atoms with Crippen molar-refractivity contribution < 1.29 is 4.79 Å². The van der Waals surface area contributed by atoms with E-state index in [2.05, 4.69) is 15.4 Å². The van der Waals surface area contributed by atoms with Gasteiger partial charge in [-0.05, 0) is 24.6 Å². The van der Waals surface area contributed by atoms with Crippen LogP contribution in [-0.4, -0.2) is 51.8 Å². The summed E-state index contributed by atoms with van der Waals surface area (Å²) in [7, 11) is 1.88. The molecule has 110 valence electrons. The fourth-order valence-electron chi connectivity index (χ4n) is 2.68. The molecule has 0 saturated carbocycles. The molecule has 1 unspecified atom stereocenters. The van der Waals surface area contributed by atoms with Crippen molar-refractivity contribution in [1.82, 2.24) is 25.0 Å². The van der Waals surface area contributed by atoms with Crippen LogP contribution in [0.25, 0.3) is 0 Å². The van der Waals surface area contributed by atoms with Gasteiger partial charge in [0.05, 0.1) is 6.54 Å². The van der Waals surface area contributed by atoms with E-state index >= 15 is 0 Å². The highest BCUT2D eigenvalue weighted by Crippen LogP contribution is 2.16. The van der Waals surface area contributed by atoms with Gasteiger partial charge in [-0.3, -0.25) is 4.79 Å². The van der Waals surface area contributed by atoms with E-state index in [1.165, 1.54) is 6.33 Å². The molecule has 1 saturated heterocycles. The summed E-state index contributed by atoms with van der Waals surface area (Å²) in [5.74, 6) is 0.0689. The fourth-order valence-corrected chi connectivity index (χ4v) is 2.68. The number of nitrogens with one attached hydrogen (secondary N) is 1. The first-order valence-corrected chi connectivity index (χ1v) is 7.14. The average Bonchev–Trinajstić information content (AvgIpc) is 3.19. The highest BCUT2D eigenvalue weighted by Gasteiger charge is 2.25. The van der Waals surface area contributed by atoms with E-state index in [4.69, 9.17) is 0 Å². The number of rotatable bonds is 4. The first kappa shape index (κ1) is 13.8. The third-order valence-electron chi connectivity index (χ3n) is 3.95. The predicted octanol–water partition coefficient (Wildman–Crippen LogP) is 0.760. The Morgan fingerprint density at radius 3 is 3.05 bits per heavy atom. The highest BCUT2D eigenvalue weighted by atomic mass is 16.2. The monoisotopic (exact) mass is 285 g/mol. The molecule has 1 atom stereocenters. The summed E-state index contributed by atoms with van der Waals surface area (Å²) in [5, 5.41) is 7.40. The maximum Gasteiger partial charge on any atom is 0.254 e. The van der Waals surface area contributed by atoms with Crippen molar-refractivity contribution in [3.8, 4) is 0 Å². The lowest BCUT2D eigenvalue weighted by molar-refractivity contribution is 0.0742. The number of carbonyl (C=O) groups is 1. The minimum atomic E-state index is 0.0689. The van der Waals surface area contributed by atoms with Crippen LogP contribution in [0.1, 0.15) is 22.3 Å². The molecule has 21 heavy (non-hydrogen) atoms. The summed E-state index contributed by atoms with van der Waals surface area (Å²) in [5.41, 5.74) is 1.70. The van der Waals surface area contributed by atoms with Gasteiger partial charge in [0.2, 0.25) is 0 Å². The third-order valence-corrected chi connectivity index (χ3v) is 3.95. The number of hydrogen-bond donors (Lipinski definition) is 1. The van der Waals surface area contributed by atoms with Gasteiger partial charge in [-0.1, -0.05) is 18.2 Å². The Morgan fingerprint density at radius 2 is 2.33 bits per heavy atom. The number of nitrogens with zero attached hydrogens (tertiary/aromatic N) is 4. The van der Waals surface area contributed by atoms with Crippen molar-refractivity contribution >= 4 is 5.91 Å². The number of benzene rings is 1. The molecule has 6 nitrogen and oxygen atoms in total. The van der Waals surface area contributed by atoms with E-state index in [1.807, 2.05) is 36.2 Å². The molecule has 1 aromatic carbocycles. The first-order valence-electron chi connectivity index (χ1n) is 7.14. The molecule has 0 bridgehead atoms. The predicted molar refractivity (Wildman–Crippen MR) is 78.9 cm³/mol. The standard InChI is InChI=1S/C15H19N5O/c1-19(13-6-7-16-8-13)15(21)14-5-3-2-4-12(14)9-20-11-17-10-18-20/h2-5,10-11,13,16H,6-9H2,1H3. The molecule has 1 aromatic heterocycles. The molecule has 3 rings (SSSR count). The van der Waals surface area contributed by atoms with E-state index in [1.54, 1.807) is 11.0 Å². The highest BCUT2D eigenvalue weighted by molar-refractivity contribution is 5.95. The van der Waals surface area contributed by atoms with Crippen LogP contribution in [0.15, 0.2) is 36.9 Å². The molecular weight excluding hydrogens is 266 g/mol. The summed E-state index contributed by atoms with van der Waals surface area (Å²) in [6, 6.07) is 7.97. The van der Waals surface area contributed by atoms with Crippen molar-refractivity contribution in [2.75, 3.05) is 20.1 Å². The Morgan fingerprint density at radius 1 is 1.48 bits per heavy atom. The quantitative estimate of drug-likeness (QED) is 0.901. The van der Waals surface area contributed by atoms with E-state index in [0.717, 1.165) is 30.6 Å². The van der Waals surface area contributed by atoms with Crippen molar-refractivity contribution in [2.45, 2.75) is 19.0 Å². The summed E-state index contributed by atoms with van der Waals surface area (Å²) >= 11 is 0. The average molecular weight is 285 g/mol. The zero-order valence-electron chi connectivity index (χ0n) is 12.1. The molecule has 0 radical (unpaired) electrons. The summed E-state index contributed by atoms with van der Waals surface area (Å²) in [4.78, 5) is 18.5. The number of amides is 1. The Kier molecular flexibility index (Phi) is 3.96. The SMILES string of the molecule is CN(C(=O)c1ccccc1Cn1cncn1)C1CCNC1. The maximum absolute atomic E-state index is 12.7. The molecule has 1 aliphatic rings. The second kappa shape index (κ2) is 6.05. The van der Waals surface area contributed by atoms with Gasteiger partial charge in [0, 0.05) is 25.2 Å². The smallest absolute Gasteiger partial charge is 0.254 e. The largest absolute Gasteiger partial charge is 0.337 e. The van der Waals surface area contributed by atoms with Gasteiger partial charge in [-0.15, -0.1) is 0 Å². The molecule has 6 heteroatoms. The fraction of sp³-hybridized carbons (Fsp3) is 0.400. The Balaban J connectivity index is 1.82. The molecule has 2 heterocycles. The second-order valence-electron chi connectivity index (χ2n) is 5.31. The zero-order chi connectivity index (χ0) is 14.7. The van der Waals surface area contributed by atoms with Crippen molar-refractivity contribution in [3.63, 3.8) is 0 Å². The van der Waals surface area contributed by atoms with Crippen LogP contribution in [0, 0.1) is 0 Å². The van der Waals surface area contributed by atoms with Gasteiger partial charge < -0.3 is 10.2 Å². The van der Waals surface area contributed by atoms with Gasteiger partial charge in [0.1, 0.15) is 12.7 Å². The first-order chi connectivity index (χ1) is 10.3. The summed E-state index contributed by atoms with van der Waals surface area (Å²) in [6.45, 7) is 2.40. The summed E-state index contributed by atoms with van der Waals surface area (Å²) in [6.07, 6.45) is 4.17. The minimum absolute atomic E-state index is 0.0689. The van der Waals surface area contributed by atoms with Gasteiger partial charge in [0.25, 0.3) is 5.91 Å². The maximum atomic E-state index is 12.7. The molecule has 2 aromatic rings. The lowest BCUT2D eigenvalue weighted by Crippen LogP contribution is -2.38. The van der Waals surface area contributed by atoms with Gasteiger partial charge in [0.15, 0.2) is 0 Å².